The quantitative estimate of drug-likeness (QED) is 0.360. The second-order valence-corrected chi connectivity index (χ2v) is 16.6. The number of ether oxygens (including phenoxy) is 2. The highest BCUT2D eigenvalue weighted by atomic mass is 16.6. The molecule has 2 aromatic carbocycles. The van der Waals surface area contributed by atoms with Gasteiger partial charge in [0.1, 0.15) is 17.0 Å². The smallest absolute Gasteiger partial charge is 0.410 e. The molecule has 0 radical (unpaired) electrons. The third kappa shape index (κ3) is 8.14. The van der Waals surface area contributed by atoms with Gasteiger partial charge >= 0.3 is 12.0 Å². The molecule has 1 aliphatic carbocycles. The van der Waals surface area contributed by atoms with E-state index in [9.17, 15) is 24.3 Å². The number of nitrogens with one attached hydrogen (secondary N) is 2. The Hall–Kier alpha value is -4.00. The lowest BCUT2D eigenvalue weighted by molar-refractivity contribution is -0.764. The third-order valence-electron chi connectivity index (χ3n) is 10.9. The fourth-order valence-electron chi connectivity index (χ4n) is 7.89. The topological polar surface area (TPSA) is 133 Å². The van der Waals surface area contributed by atoms with Crippen LogP contribution in [0.15, 0.2) is 48.5 Å². The summed E-state index contributed by atoms with van der Waals surface area (Å²) in [4.78, 5) is 62.4. The first-order valence-corrected chi connectivity index (χ1v) is 18.8. The van der Waals surface area contributed by atoms with E-state index >= 15 is 0 Å². The lowest BCUT2D eigenvalue weighted by Crippen LogP contribution is -3.12. The average molecular weight is 719 g/mol. The molecule has 282 valence electrons. The number of nitrogens with zero attached hydrogens (tertiary/aromatic N) is 3. The maximum absolute atomic E-state index is 14.8. The molecule has 3 fully saturated rings. The van der Waals surface area contributed by atoms with Gasteiger partial charge in [-0.25, -0.2) is 14.5 Å². The fraction of sp³-hybridized carbons (Fsp3) is 0.600. The Labute approximate surface area is 307 Å². The Bertz CT molecular complexity index is 1650. The normalized spacial score (nSPS) is 23.6. The van der Waals surface area contributed by atoms with Gasteiger partial charge in [0.2, 0.25) is 5.91 Å². The van der Waals surface area contributed by atoms with Crippen molar-refractivity contribution < 1.29 is 38.7 Å². The number of hydrogen-bond acceptors (Lipinski definition) is 8. The number of aliphatic hydroxyl groups is 1. The second kappa shape index (κ2) is 14.8. The summed E-state index contributed by atoms with van der Waals surface area (Å²) < 4.78 is 11.9. The molecular weight excluding hydrogens is 662 g/mol. The Balaban J connectivity index is 1.30. The summed E-state index contributed by atoms with van der Waals surface area (Å²) in [7, 11) is 2.08. The molecule has 3 aliphatic heterocycles. The van der Waals surface area contributed by atoms with Crippen LogP contribution in [0, 0.1) is 11.8 Å². The summed E-state index contributed by atoms with van der Waals surface area (Å²) in [5, 5.41) is 13.0. The van der Waals surface area contributed by atoms with Crippen molar-refractivity contribution in [2.75, 3.05) is 51.3 Å². The van der Waals surface area contributed by atoms with Crippen molar-refractivity contribution in [3.05, 3.63) is 54.1 Å². The van der Waals surface area contributed by atoms with Gasteiger partial charge in [0.15, 0.2) is 5.60 Å². The molecule has 0 spiro atoms. The van der Waals surface area contributed by atoms with Gasteiger partial charge < -0.3 is 34.6 Å². The number of likely N-dealkylation sites (tertiary alicyclic amines) is 2. The van der Waals surface area contributed by atoms with Crippen molar-refractivity contribution in [3.8, 4) is 5.75 Å². The molecule has 3 unspecified atom stereocenters. The van der Waals surface area contributed by atoms with E-state index in [2.05, 4.69) is 29.4 Å². The molecule has 4 aliphatic rings. The predicted molar refractivity (Wildman–Crippen MR) is 196 cm³/mol. The van der Waals surface area contributed by atoms with Gasteiger partial charge in [-0.15, -0.1) is 0 Å². The number of carbonyl (C=O) groups is 4. The van der Waals surface area contributed by atoms with Gasteiger partial charge in [0, 0.05) is 64.3 Å². The number of carbonyl (C=O) groups excluding carboxylic acids is 4. The Kier molecular flexibility index (Phi) is 10.7. The SMILES string of the molecule is CN1CCC(NC(=O)C2CC(C(=O)[NH+](c3ccc4c(c3)N(CCCO)C(=O)C(C)(C)O4)C3CC3)CN(C(=O)OC(C)(C)C)C2)(c2ccccc2)CC1. The van der Waals surface area contributed by atoms with E-state index in [1.165, 1.54) is 4.90 Å². The molecule has 12 heteroatoms. The van der Waals surface area contributed by atoms with Gasteiger partial charge in [-0.3, -0.25) is 9.59 Å². The number of amides is 4. The van der Waals surface area contributed by atoms with Crippen LogP contribution in [0.1, 0.15) is 78.7 Å². The molecule has 4 amide bonds. The van der Waals surface area contributed by atoms with E-state index < -0.39 is 34.7 Å². The molecular formula is C40H56N5O7+. The molecule has 52 heavy (non-hydrogen) atoms. The monoisotopic (exact) mass is 718 g/mol. The summed E-state index contributed by atoms with van der Waals surface area (Å²) >= 11 is 0. The van der Waals surface area contributed by atoms with Crippen LogP contribution in [0.5, 0.6) is 5.75 Å². The van der Waals surface area contributed by atoms with Crippen molar-refractivity contribution in [2.45, 2.75) is 95.9 Å². The molecule has 0 bridgehead atoms. The van der Waals surface area contributed by atoms with Gasteiger partial charge in [-0.2, -0.15) is 0 Å². The molecule has 1 saturated carbocycles. The van der Waals surface area contributed by atoms with Crippen LogP contribution in [0.4, 0.5) is 16.2 Å². The maximum Gasteiger partial charge on any atom is 0.410 e. The van der Waals surface area contributed by atoms with E-state index in [1.807, 2.05) is 36.4 Å². The van der Waals surface area contributed by atoms with Gasteiger partial charge in [-0.1, -0.05) is 30.3 Å². The number of aliphatic hydroxyl groups excluding tert-OH is 1. The highest BCUT2D eigenvalue weighted by Gasteiger charge is 2.49. The van der Waals surface area contributed by atoms with Crippen LogP contribution in [-0.4, -0.2) is 102 Å². The molecule has 0 aromatic heterocycles. The van der Waals surface area contributed by atoms with Crippen LogP contribution in [0.3, 0.4) is 0 Å². The average Bonchev–Trinajstić information content (AvgIpc) is 3.94. The minimum absolute atomic E-state index is 0.0397. The number of rotatable bonds is 9. The van der Waals surface area contributed by atoms with Crippen LogP contribution in [0.2, 0.25) is 0 Å². The van der Waals surface area contributed by atoms with Crippen LogP contribution in [-0.2, 0) is 24.7 Å². The number of fused-ring (bicyclic) bond motifs is 1. The molecule has 3 atom stereocenters. The number of hydrogen-bond donors (Lipinski definition) is 3. The summed E-state index contributed by atoms with van der Waals surface area (Å²) in [5.41, 5.74) is -0.0365. The minimum atomic E-state index is -1.07. The van der Waals surface area contributed by atoms with Crippen LogP contribution in [0.25, 0.3) is 0 Å². The van der Waals surface area contributed by atoms with E-state index in [4.69, 9.17) is 9.47 Å². The van der Waals surface area contributed by atoms with Crippen molar-refractivity contribution in [3.63, 3.8) is 0 Å². The number of benzene rings is 2. The zero-order valence-electron chi connectivity index (χ0n) is 31.6. The predicted octanol–water partition coefficient (Wildman–Crippen LogP) is 3.39. The van der Waals surface area contributed by atoms with Crippen LogP contribution < -0.4 is 19.9 Å². The zero-order valence-corrected chi connectivity index (χ0v) is 31.6. The maximum atomic E-state index is 14.8. The van der Waals surface area contributed by atoms with Gasteiger partial charge in [0.05, 0.1) is 29.1 Å². The fourth-order valence-corrected chi connectivity index (χ4v) is 7.89. The van der Waals surface area contributed by atoms with Crippen molar-refractivity contribution >= 4 is 35.2 Å². The van der Waals surface area contributed by atoms with E-state index in [0.717, 1.165) is 44.3 Å². The zero-order chi connectivity index (χ0) is 37.4. The first kappa shape index (κ1) is 37.7. The van der Waals surface area contributed by atoms with Crippen molar-refractivity contribution in [1.82, 2.24) is 15.1 Å². The summed E-state index contributed by atoms with van der Waals surface area (Å²) in [5.74, 6) is -1.18. The van der Waals surface area contributed by atoms with Gasteiger partial charge in [0.25, 0.3) is 5.91 Å². The molecule has 12 nitrogen and oxygen atoms in total. The third-order valence-corrected chi connectivity index (χ3v) is 10.9. The lowest BCUT2D eigenvalue weighted by atomic mass is 9.79. The second-order valence-electron chi connectivity index (χ2n) is 16.6. The molecule has 6 rings (SSSR count). The summed E-state index contributed by atoms with van der Waals surface area (Å²) in [6.45, 7) is 11.1. The standard InChI is InChI=1S/C40H55N5O7/c1-38(2,3)52-37(50)43-25-27(34(47)41-40(17-20-42(6)21-18-40)29-11-8-7-9-12-29)23-28(26-43)35(48)45(30-13-14-30)31-15-16-33-32(24-31)44(19-10-22-46)36(49)39(4,5)51-33/h7-9,11-12,15-16,24,27-28,30,46H,10,13-14,17-23,25-26H2,1-6H3,(H,41,47)/p+1. The van der Waals surface area contributed by atoms with Gasteiger partial charge in [-0.05, 0) is 79.0 Å². The van der Waals surface area contributed by atoms with E-state index in [0.29, 0.717) is 41.4 Å². The van der Waals surface area contributed by atoms with E-state index in [-0.39, 0.29) is 43.5 Å². The molecule has 2 saturated heterocycles. The first-order chi connectivity index (χ1) is 24.6. The Morgan fingerprint density at radius 1 is 1.02 bits per heavy atom. The van der Waals surface area contributed by atoms with Crippen LogP contribution >= 0.6 is 0 Å². The molecule has 3 N–H and O–H groups in total. The highest BCUT2D eigenvalue weighted by Crippen LogP contribution is 2.40. The molecule has 2 aromatic rings. The highest BCUT2D eigenvalue weighted by molar-refractivity contribution is 6.02. The number of anilines is 1. The summed E-state index contributed by atoms with van der Waals surface area (Å²) in [6, 6.07) is 15.7. The van der Waals surface area contributed by atoms with Crippen molar-refractivity contribution in [1.29, 1.82) is 0 Å². The number of piperidine rings is 2. The summed E-state index contributed by atoms with van der Waals surface area (Å²) in [6.07, 6.45) is 3.37. The molecule has 3 heterocycles. The number of quaternary nitrogens is 1. The van der Waals surface area contributed by atoms with E-state index in [1.54, 1.807) is 39.5 Å². The lowest BCUT2D eigenvalue weighted by Gasteiger charge is -2.44. The van der Waals surface area contributed by atoms with Crippen molar-refractivity contribution in [2.24, 2.45) is 11.8 Å². The first-order valence-electron chi connectivity index (χ1n) is 18.8. The largest absolute Gasteiger partial charge is 0.476 e. The Morgan fingerprint density at radius 3 is 2.33 bits per heavy atom. The Morgan fingerprint density at radius 2 is 1.69 bits per heavy atom. The minimum Gasteiger partial charge on any atom is -0.476 e.